The smallest absolute Gasteiger partial charge is 0.0723 e. The lowest BCUT2D eigenvalue weighted by molar-refractivity contribution is 0.249. The molecule has 8 atom stereocenters. The van der Waals surface area contributed by atoms with E-state index in [0.717, 1.165) is 36.5 Å². The Kier molecular flexibility index (Phi) is 10.5. The Bertz CT molecular complexity index is 4140. The number of anilines is 4. The van der Waals surface area contributed by atoms with Crippen molar-refractivity contribution in [1.29, 1.82) is 0 Å². The average molecular weight is 1040 g/mol. The van der Waals surface area contributed by atoms with Crippen LogP contribution in [-0.2, 0) is 10.8 Å². The predicted octanol–water partition coefficient (Wildman–Crippen LogP) is 19.8. The summed E-state index contributed by atoms with van der Waals surface area (Å²) < 4.78 is 0. The average Bonchev–Trinajstić information content (AvgIpc) is 3.24. The van der Waals surface area contributed by atoms with E-state index in [1.807, 2.05) is 0 Å². The van der Waals surface area contributed by atoms with Crippen LogP contribution in [0.25, 0.3) is 39.0 Å². The van der Waals surface area contributed by atoms with Crippen molar-refractivity contribution in [2.24, 2.45) is 23.7 Å². The van der Waals surface area contributed by atoms with Crippen molar-refractivity contribution in [3.63, 3.8) is 0 Å². The van der Waals surface area contributed by atoms with E-state index in [9.17, 15) is 0 Å². The van der Waals surface area contributed by atoms with Crippen LogP contribution >= 0.6 is 0 Å². The van der Waals surface area contributed by atoms with Gasteiger partial charge in [0.25, 0.3) is 0 Å². The van der Waals surface area contributed by atoms with Gasteiger partial charge in [0.15, 0.2) is 0 Å². The van der Waals surface area contributed by atoms with Gasteiger partial charge in [0, 0.05) is 39.8 Å². The molecule has 1 spiro atoms. The van der Waals surface area contributed by atoms with Gasteiger partial charge in [-0.15, -0.1) is 0 Å². The Hall–Kier alpha value is -8.46. The second kappa shape index (κ2) is 18.0. The standard InChI is InChI=1S/C79H66N2/c1-78(2)70-29-17-15-28-63(70)68-46-60(37-40-71(68)78)81(58-25-13-6-14-26-58)76-49-75-69(48-65(76)52-21-9-4-10-22-52)67-45-54(51-19-7-3-8-20-51)33-39-73(67)79(75)72-30-18-16-27-62(72)64-38-36-61(47-74(64)79)80(57-23-11-5-12-24-57)59-34-31-53(32-35-59)77-56-42-50-41-55(44-56)66(77)43-50/h3-25,27-40,45-47,49-50,55-56,58,65-66,77H,26,41-44,48H2,1-2H3. The van der Waals surface area contributed by atoms with Gasteiger partial charge in [0.1, 0.15) is 0 Å². The molecule has 0 saturated heterocycles. The third kappa shape index (κ3) is 6.99. The lowest BCUT2D eigenvalue weighted by atomic mass is 9.67. The summed E-state index contributed by atoms with van der Waals surface area (Å²) in [7, 11) is 0. The van der Waals surface area contributed by atoms with Crippen molar-refractivity contribution in [3.8, 4) is 33.4 Å². The zero-order valence-electron chi connectivity index (χ0n) is 46.3. The molecular formula is C79H66N2. The topological polar surface area (TPSA) is 6.48 Å². The first-order chi connectivity index (χ1) is 39.9. The van der Waals surface area contributed by atoms with Crippen LogP contribution in [0.15, 0.2) is 260 Å². The van der Waals surface area contributed by atoms with Crippen LogP contribution in [0.2, 0.25) is 0 Å². The van der Waals surface area contributed by atoms with E-state index in [1.165, 1.54) is 138 Å². The highest BCUT2D eigenvalue weighted by Gasteiger charge is 2.56. The number of hydrogen-bond donors (Lipinski definition) is 0. The van der Waals surface area contributed by atoms with Gasteiger partial charge in [-0.2, -0.15) is 0 Å². The minimum absolute atomic E-state index is 0.0816. The molecule has 4 saturated carbocycles. The zero-order valence-corrected chi connectivity index (χ0v) is 46.3. The summed E-state index contributed by atoms with van der Waals surface area (Å²) in [6.07, 6.45) is 19.6. The maximum absolute atomic E-state index is 2.75. The largest absolute Gasteiger partial charge is 0.337 e. The number of fused-ring (bicyclic) bond motifs is 12. The van der Waals surface area contributed by atoms with Gasteiger partial charge in [-0.25, -0.2) is 0 Å². The SMILES string of the molecule is CC1(C)c2ccccc2-c2cc(N(C3=CC4=C(CC3c3ccccc3)c3cc(-c5ccccc5)ccc3C43c4ccccc4-c4ccc(N(c5ccccc5)c5ccc(C6C7CC8CC(C7)C6C8)cc5)cc43)C3C=CC=CC3)ccc21. The lowest BCUT2D eigenvalue weighted by Crippen LogP contribution is -2.38. The number of allylic oxidation sites excluding steroid dienone is 6. The van der Waals surface area contributed by atoms with Gasteiger partial charge in [0.2, 0.25) is 0 Å². The van der Waals surface area contributed by atoms with Crippen LogP contribution in [0.1, 0.15) is 109 Å². The van der Waals surface area contributed by atoms with Crippen LogP contribution in [-0.4, -0.2) is 6.04 Å². The molecule has 9 aliphatic rings. The molecule has 81 heavy (non-hydrogen) atoms. The summed E-state index contributed by atoms with van der Waals surface area (Å²) in [4.78, 5) is 5.28. The quantitative estimate of drug-likeness (QED) is 0.142. The van der Waals surface area contributed by atoms with Crippen LogP contribution in [0, 0.1) is 23.7 Å². The Morgan fingerprint density at radius 2 is 1.09 bits per heavy atom. The molecule has 9 aromatic rings. The molecule has 0 radical (unpaired) electrons. The molecule has 18 rings (SSSR count). The molecule has 4 bridgehead atoms. The van der Waals surface area contributed by atoms with Gasteiger partial charge in [-0.05, 0) is 218 Å². The van der Waals surface area contributed by atoms with Crippen molar-refractivity contribution >= 4 is 28.3 Å². The first kappa shape index (κ1) is 47.4. The highest BCUT2D eigenvalue weighted by molar-refractivity contribution is 5.99. The van der Waals surface area contributed by atoms with E-state index in [0.29, 0.717) is 5.92 Å². The highest BCUT2D eigenvalue weighted by Crippen LogP contribution is 2.67. The molecule has 4 fully saturated rings. The second-order valence-electron chi connectivity index (χ2n) is 25.4. The molecular weight excluding hydrogens is 977 g/mol. The molecule has 0 amide bonds. The third-order valence-electron chi connectivity index (χ3n) is 21.2. The molecule has 9 aromatic carbocycles. The van der Waals surface area contributed by atoms with E-state index < -0.39 is 5.41 Å². The number of para-hydroxylation sites is 1. The van der Waals surface area contributed by atoms with Crippen molar-refractivity contribution < 1.29 is 0 Å². The maximum atomic E-state index is 2.75. The van der Waals surface area contributed by atoms with Gasteiger partial charge in [-0.1, -0.05) is 202 Å². The molecule has 0 heterocycles. The van der Waals surface area contributed by atoms with E-state index in [-0.39, 0.29) is 17.4 Å². The number of nitrogens with zero attached hydrogens (tertiary/aromatic N) is 2. The van der Waals surface area contributed by atoms with Crippen molar-refractivity contribution in [3.05, 3.63) is 305 Å². The number of benzene rings is 9. The van der Waals surface area contributed by atoms with Crippen LogP contribution in [0.3, 0.4) is 0 Å². The van der Waals surface area contributed by atoms with Gasteiger partial charge < -0.3 is 9.80 Å². The predicted molar refractivity (Wildman–Crippen MR) is 335 cm³/mol. The zero-order chi connectivity index (χ0) is 53.6. The molecule has 0 aliphatic heterocycles. The Morgan fingerprint density at radius 1 is 0.444 bits per heavy atom. The fourth-order valence-electron chi connectivity index (χ4n) is 17.9. The van der Waals surface area contributed by atoms with Crippen LogP contribution < -0.4 is 9.80 Å². The molecule has 0 N–H and O–H groups in total. The summed E-state index contributed by atoms with van der Waals surface area (Å²) in [6, 6.07) is 84.4. The summed E-state index contributed by atoms with van der Waals surface area (Å²) in [5, 5.41) is 0. The van der Waals surface area contributed by atoms with E-state index in [1.54, 1.807) is 5.56 Å². The van der Waals surface area contributed by atoms with E-state index in [4.69, 9.17) is 0 Å². The molecule has 0 aromatic heterocycles. The third-order valence-corrected chi connectivity index (χ3v) is 21.2. The summed E-state index contributed by atoms with van der Waals surface area (Å²) in [5.74, 6) is 4.44. The number of hydrogen-bond acceptors (Lipinski definition) is 2. The first-order valence-corrected chi connectivity index (χ1v) is 30.2. The fourth-order valence-corrected chi connectivity index (χ4v) is 17.9. The van der Waals surface area contributed by atoms with Crippen molar-refractivity contribution in [2.45, 2.75) is 81.1 Å². The number of rotatable bonds is 9. The van der Waals surface area contributed by atoms with Crippen molar-refractivity contribution in [2.75, 3.05) is 9.80 Å². The summed E-state index contributed by atoms with van der Waals surface area (Å²) in [6.45, 7) is 4.79. The van der Waals surface area contributed by atoms with Crippen LogP contribution in [0.5, 0.6) is 0 Å². The molecule has 9 aliphatic carbocycles. The Morgan fingerprint density at radius 3 is 1.86 bits per heavy atom. The van der Waals surface area contributed by atoms with E-state index in [2.05, 4.69) is 272 Å². The Labute approximate surface area is 478 Å². The minimum Gasteiger partial charge on any atom is -0.337 e. The first-order valence-electron chi connectivity index (χ1n) is 30.2. The fraction of sp³-hybridized carbons (Fsp3) is 0.215. The molecule has 2 nitrogen and oxygen atoms in total. The molecule has 392 valence electrons. The molecule has 2 heteroatoms. The van der Waals surface area contributed by atoms with E-state index >= 15 is 0 Å². The van der Waals surface area contributed by atoms with Gasteiger partial charge >= 0.3 is 0 Å². The normalized spacial score (nSPS) is 25.1. The van der Waals surface area contributed by atoms with Gasteiger partial charge in [-0.3, -0.25) is 0 Å². The Balaban J connectivity index is 0.896. The van der Waals surface area contributed by atoms with Crippen molar-refractivity contribution in [1.82, 2.24) is 0 Å². The highest BCUT2D eigenvalue weighted by atomic mass is 15.2. The summed E-state index contributed by atoms with van der Waals surface area (Å²) >= 11 is 0. The van der Waals surface area contributed by atoms with Gasteiger partial charge in [0.05, 0.1) is 11.5 Å². The second-order valence-corrected chi connectivity index (χ2v) is 25.4. The molecule has 8 unspecified atom stereocenters. The minimum atomic E-state index is -0.600. The monoisotopic (exact) mass is 1040 g/mol. The lowest BCUT2D eigenvalue weighted by Gasteiger charge is -2.42. The summed E-state index contributed by atoms with van der Waals surface area (Å²) in [5.41, 5.74) is 27.3. The maximum Gasteiger partial charge on any atom is 0.0723 e. The van der Waals surface area contributed by atoms with Crippen LogP contribution in [0.4, 0.5) is 22.7 Å².